The third kappa shape index (κ3) is 2.66. The highest BCUT2D eigenvalue weighted by Crippen LogP contribution is 2.10. The van der Waals surface area contributed by atoms with Gasteiger partial charge in [-0.25, -0.2) is 4.79 Å². The van der Waals surface area contributed by atoms with Crippen LogP contribution in [0, 0.1) is 0 Å². The molecule has 1 aliphatic heterocycles. The number of nitrogens with zero attached hydrogens (tertiary/aromatic N) is 1. The Balaban J connectivity index is 1.82. The largest absolute Gasteiger partial charge is 0.508 e. The lowest BCUT2D eigenvalue weighted by molar-refractivity contribution is 0.208. The molecule has 1 aliphatic rings. The molecule has 1 aromatic carbocycles. The summed E-state index contributed by atoms with van der Waals surface area (Å²) in [6.45, 7) is 2.23. The fraction of sp³-hybridized carbons (Fsp3) is 0.417. The van der Waals surface area contributed by atoms with Crippen molar-refractivity contribution >= 4 is 6.03 Å². The van der Waals surface area contributed by atoms with Gasteiger partial charge < -0.3 is 15.3 Å². The van der Waals surface area contributed by atoms with Gasteiger partial charge in [0.1, 0.15) is 5.75 Å². The van der Waals surface area contributed by atoms with Gasteiger partial charge in [-0.15, -0.1) is 0 Å². The van der Waals surface area contributed by atoms with Crippen LogP contribution in [0.1, 0.15) is 18.4 Å². The van der Waals surface area contributed by atoms with Gasteiger partial charge in [0.25, 0.3) is 0 Å². The number of benzene rings is 1. The topological polar surface area (TPSA) is 52.6 Å². The van der Waals surface area contributed by atoms with Gasteiger partial charge in [-0.1, -0.05) is 12.1 Å². The van der Waals surface area contributed by atoms with Crippen molar-refractivity contribution in [1.29, 1.82) is 0 Å². The average molecular weight is 220 g/mol. The number of hydrogen-bond acceptors (Lipinski definition) is 2. The molecule has 2 rings (SSSR count). The zero-order valence-electron chi connectivity index (χ0n) is 9.15. The van der Waals surface area contributed by atoms with Gasteiger partial charge in [0.05, 0.1) is 0 Å². The average Bonchev–Trinajstić information content (AvgIpc) is 2.81. The molecule has 1 fully saturated rings. The first kappa shape index (κ1) is 10.8. The summed E-state index contributed by atoms with van der Waals surface area (Å²) in [6, 6.07) is 6.86. The van der Waals surface area contributed by atoms with Crippen LogP contribution in [0.4, 0.5) is 4.79 Å². The van der Waals surface area contributed by atoms with Crippen LogP contribution >= 0.6 is 0 Å². The van der Waals surface area contributed by atoms with Gasteiger partial charge in [0, 0.05) is 19.6 Å². The van der Waals surface area contributed by atoms with Gasteiger partial charge >= 0.3 is 6.03 Å². The van der Waals surface area contributed by atoms with E-state index in [0.717, 1.165) is 31.5 Å². The molecule has 2 amide bonds. The maximum absolute atomic E-state index is 11.7. The number of carbonyl (C=O) groups is 1. The molecule has 4 nitrogen and oxygen atoms in total. The molecule has 0 spiro atoms. The second-order valence-corrected chi connectivity index (χ2v) is 4.02. The van der Waals surface area contributed by atoms with Crippen molar-refractivity contribution in [2.45, 2.75) is 19.4 Å². The molecule has 4 heteroatoms. The van der Waals surface area contributed by atoms with Crippen LogP contribution in [0.3, 0.4) is 0 Å². The van der Waals surface area contributed by atoms with E-state index in [0.29, 0.717) is 6.54 Å². The molecule has 16 heavy (non-hydrogen) atoms. The number of hydrogen-bond donors (Lipinski definition) is 2. The van der Waals surface area contributed by atoms with E-state index in [-0.39, 0.29) is 11.8 Å². The Labute approximate surface area is 94.9 Å². The molecule has 86 valence electrons. The van der Waals surface area contributed by atoms with E-state index < -0.39 is 0 Å². The summed E-state index contributed by atoms with van der Waals surface area (Å²) in [7, 11) is 0. The Hall–Kier alpha value is -1.71. The molecule has 1 aromatic rings. The van der Waals surface area contributed by atoms with Gasteiger partial charge in [-0.3, -0.25) is 0 Å². The van der Waals surface area contributed by atoms with Crippen molar-refractivity contribution in [3.63, 3.8) is 0 Å². The first-order valence-corrected chi connectivity index (χ1v) is 5.56. The Bertz CT molecular complexity index is 356. The molecule has 2 N–H and O–H groups in total. The molecular formula is C12H16N2O2. The standard InChI is InChI=1S/C12H16N2O2/c15-11-5-3-10(4-6-11)9-13-12(16)14-7-1-2-8-14/h3-6,15H,1-2,7-9H2,(H,13,16). The molecule has 0 aromatic heterocycles. The van der Waals surface area contributed by atoms with Crippen LogP contribution < -0.4 is 5.32 Å². The zero-order valence-corrected chi connectivity index (χ0v) is 9.15. The fourth-order valence-corrected chi connectivity index (χ4v) is 1.82. The van der Waals surface area contributed by atoms with Crippen LogP contribution in [0.15, 0.2) is 24.3 Å². The number of amides is 2. The van der Waals surface area contributed by atoms with E-state index in [9.17, 15) is 4.79 Å². The molecule has 0 unspecified atom stereocenters. The summed E-state index contributed by atoms with van der Waals surface area (Å²) >= 11 is 0. The molecule has 0 atom stereocenters. The van der Waals surface area contributed by atoms with Crippen LogP contribution in [0.2, 0.25) is 0 Å². The highest BCUT2D eigenvalue weighted by Gasteiger charge is 2.16. The molecule has 0 aliphatic carbocycles. The van der Waals surface area contributed by atoms with Crippen molar-refractivity contribution in [2.75, 3.05) is 13.1 Å². The number of phenols is 1. The minimum absolute atomic E-state index is 0.00516. The monoisotopic (exact) mass is 220 g/mol. The van der Waals surface area contributed by atoms with Crippen molar-refractivity contribution < 1.29 is 9.90 Å². The highest BCUT2D eigenvalue weighted by atomic mass is 16.3. The quantitative estimate of drug-likeness (QED) is 0.797. The normalized spacial score (nSPS) is 15.1. The molecule has 0 saturated carbocycles. The van der Waals surface area contributed by atoms with Crippen LogP contribution in [0.25, 0.3) is 0 Å². The lowest BCUT2D eigenvalue weighted by Gasteiger charge is -2.16. The summed E-state index contributed by atoms with van der Waals surface area (Å²) in [6.07, 6.45) is 2.21. The lowest BCUT2D eigenvalue weighted by Crippen LogP contribution is -2.37. The number of urea groups is 1. The van der Waals surface area contributed by atoms with Crippen LogP contribution in [-0.2, 0) is 6.54 Å². The Morgan fingerprint density at radius 3 is 2.50 bits per heavy atom. The fourth-order valence-electron chi connectivity index (χ4n) is 1.82. The summed E-state index contributed by atoms with van der Waals surface area (Å²) in [5.41, 5.74) is 0.991. The Morgan fingerprint density at radius 2 is 1.88 bits per heavy atom. The maximum Gasteiger partial charge on any atom is 0.317 e. The molecule has 1 heterocycles. The number of nitrogens with one attached hydrogen (secondary N) is 1. The number of phenolic OH excluding ortho intramolecular Hbond substituents is 1. The third-order valence-electron chi connectivity index (χ3n) is 2.77. The Morgan fingerprint density at radius 1 is 1.25 bits per heavy atom. The van der Waals surface area contributed by atoms with E-state index in [1.54, 1.807) is 24.3 Å². The van der Waals surface area contributed by atoms with Crippen molar-refractivity contribution in [3.8, 4) is 5.75 Å². The van der Waals surface area contributed by atoms with Gasteiger partial charge in [0.15, 0.2) is 0 Å². The lowest BCUT2D eigenvalue weighted by atomic mass is 10.2. The molecular weight excluding hydrogens is 204 g/mol. The highest BCUT2D eigenvalue weighted by molar-refractivity contribution is 5.74. The number of carbonyl (C=O) groups excluding carboxylic acids is 1. The minimum Gasteiger partial charge on any atom is -0.508 e. The first-order chi connectivity index (χ1) is 7.75. The van der Waals surface area contributed by atoms with E-state index in [1.165, 1.54) is 0 Å². The summed E-state index contributed by atoms with van der Waals surface area (Å²) in [5.74, 6) is 0.245. The van der Waals surface area contributed by atoms with Crippen molar-refractivity contribution in [1.82, 2.24) is 10.2 Å². The zero-order chi connectivity index (χ0) is 11.4. The van der Waals surface area contributed by atoms with Crippen LogP contribution in [0.5, 0.6) is 5.75 Å². The third-order valence-corrected chi connectivity index (χ3v) is 2.77. The van der Waals surface area contributed by atoms with Gasteiger partial charge in [-0.05, 0) is 30.5 Å². The van der Waals surface area contributed by atoms with Gasteiger partial charge in [-0.2, -0.15) is 0 Å². The number of likely N-dealkylation sites (tertiary alicyclic amines) is 1. The predicted octanol–water partition coefficient (Wildman–Crippen LogP) is 1.70. The number of rotatable bonds is 2. The molecule has 1 saturated heterocycles. The van der Waals surface area contributed by atoms with E-state index in [1.807, 2.05) is 4.90 Å². The smallest absolute Gasteiger partial charge is 0.317 e. The first-order valence-electron chi connectivity index (χ1n) is 5.56. The molecule has 0 radical (unpaired) electrons. The van der Waals surface area contributed by atoms with E-state index in [4.69, 9.17) is 5.11 Å². The van der Waals surface area contributed by atoms with Gasteiger partial charge in [0.2, 0.25) is 0 Å². The minimum atomic E-state index is 0.00516. The number of aromatic hydroxyl groups is 1. The second kappa shape index (κ2) is 4.88. The predicted molar refractivity (Wildman–Crippen MR) is 61.1 cm³/mol. The maximum atomic E-state index is 11.7. The SMILES string of the molecule is O=C(NCc1ccc(O)cc1)N1CCCC1. The Kier molecular flexibility index (Phi) is 3.29. The summed E-state index contributed by atoms with van der Waals surface area (Å²) in [4.78, 5) is 13.5. The summed E-state index contributed by atoms with van der Waals surface area (Å²) in [5, 5.41) is 12.0. The summed E-state index contributed by atoms with van der Waals surface area (Å²) < 4.78 is 0. The van der Waals surface area contributed by atoms with Crippen LogP contribution in [-0.4, -0.2) is 29.1 Å². The van der Waals surface area contributed by atoms with E-state index >= 15 is 0 Å². The second-order valence-electron chi connectivity index (χ2n) is 4.02. The molecule has 0 bridgehead atoms. The van der Waals surface area contributed by atoms with E-state index in [2.05, 4.69) is 5.32 Å². The van der Waals surface area contributed by atoms with Crippen molar-refractivity contribution in [2.24, 2.45) is 0 Å². The van der Waals surface area contributed by atoms with Crippen molar-refractivity contribution in [3.05, 3.63) is 29.8 Å².